The van der Waals surface area contributed by atoms with Crippen LogP contribution < -0.4 is 4.74 Å². The number of benzene rings is 2. The van der Waals surface area contributed by atoms with Crippen molar-refractivity contribution in [1.29, 1.82) is 0 Å². The Labute approximate surface area is 240 Å². The van der Waals surface area contributed by atoms with E-state index in [4.69, 9.17) is 28.4 Å². The maximum atomic E-state index is 13.7. The van der Waals surface area contributed by atoms with Crippen LogP contribution in [0.2, 0.25) is 0 Å². The first-order chi connectivity index (χ1) is 19.8. The minimum Gasteiger partial charge on any atom is -0.507 e. The summed E-state index contributed by atoms with van der Waals surface area (Å²) in [5.74, 6) is -3.74. The summed E-state index contributed by atoms with van der Waals surface area (Å²) in [6.45, 7) is 2.83. The minimum absolute atomic E-state index is 0.112. The quantitative estimate of drug-likeness (QED) is 0.320. The first kappa shape index (κ1) is 30.0. The van der Waals surface area contributed by atoms with Crippen LogP contribution in [0.25, 0.3) is 0 Å². The van der Waals surface area contributed by atoms with Crippen molar-refractivity contribution in [3.63, 3.8) is 0 Å². The van der Waals surface area contributed by atoms with E-state index in [2.05, 4.69) is 0 Å². The fourth-order valence-corrected chi connectivity index (χ4v) is 6.14. The fraction of sp³-hybridized carbons (Fsp3) is 0.483. The second kappa shape index (κ2) is 10.7. The van der Waals surface area contributed by atoms with E-state index in [9.17, 15) is 34.8 Å². The third kappa shape index (κ3) is 4.23. The van der Waals surface area contributed by atoms with Crippen LogP contribution in [-0.2, 0) is 23.7 Å². The maximum Gasteiger partial charge on any atom is 0.201 e. The molecule has 0 radical (unpaired) electrons. The zero-order valence-corrected chi connectivity index (χ0v) is 23.7. The smallest absolute Gasteiger partial charge is 0.201 e. The Morgan fingerprint density at radius 3 is 2.10 bits per heavy atom. The number of ketones is 3. The first-order valence-electron chi connectivity index (χ1n) is 13.1. The molecule has 4 N–H and O–H groups in total. The van der Waals surface area contributed by atoms with Crippen molar-refractivity contribution in [2.75, 3.05) is 28.4 Å². The van der Waals surface area contributed by atoms with Gasteiger partial charge in [0.1, 0.15) is 47.8 Å². The molecule has 2 aromatic carbocycles. The highest BCUT2D eigenvalue weighted by molar-refractivity contribution is 6.31. The Balaban J connectivity index is 1.69. The number of Topliss-reactive ketones (excluding diaryl/α,β-unsaturated/α-hetero) is 1. The van der Waals surface area contributed by atoms with E-state index in [1.165, 1.54) is 41.4 Å². The summed E-state index contributed by atoms with van der Waals surface area (Å²) >= 11 is 0. The highest BCUT2D eigenvalue weighted by Crippen LogP contribution is 2.49. The Bertz CT molecular complexity index is 1460. The Kier molecular flexibility index (Phi) is 7.64. The number of hydrogen-bond acceptors (Lipinski definition) is 13. The van der Waals surface area contributed by atoms with Crippen molar-refractivity contribution in [2.24, 2.45) is 0 Å². The predicted octanol–water partition coefficient (Wildman–Crippen LogP) is 1.04. The van der Waals surface area contributed by atoms with E-state index in [-0.39, 0.29) is 33.6 Å². The fourth-order valence-electron chi connectivity index (χ4n) is 6.14. The average molecular weight is 589 g/mol. The second-order valence-corrected chi connectivity index (χ2v) is 10.6. The lowest BCUT2D eigenvalue weighted by atomic mass is 9.72. The van der Waals surface area contributed by atoms with Gasteiger partial charge in [-0.05, 0) is 26.0 Å². The van der Waals surface area contributed by atoms with Crippen LogP contribution in [0.4, 0.5) is 0 Å². The van der Waals surface area contributed by atoms with Crippen molar-refractivity contribution >= 4 is 17.3 Å². The van der Waals surface area contributed by atoms with Gasteiger partial charge in [0.2, 0.25) is 5.78 Å². The van der Waals surface area contributed by atoms with E-state index < -0.39 is 82.9 Å². The van der Waals surface area contributed by atoms with Gasteiger partial charge in [-0.25, -0.2) is 0 Å². The van der Waals surface area contributed by atoms with Crippen molar-refractivity contribution in [3.05, 3.63) is 51.6 Å². The standard InChI is InChI=1S/C29H32O13/c1-10-23(38-4)22(34)25(39-5)28(41-10)42-24-18-14(26(35)29(2,36)27(24)40-6)9-13-17(21(18)33)20(32)16-12(19(13)31)7-11(37-3)8-15(16)30/h7-10,22-25,27-28,30,33-34,36H,1-6H3/t10-,22+,23-,24-,25+,27-,28+,29-/m1/s1. The summed E-state index contributed by atoms with van der Waals surface area (Å²) in [7, 11) is 5.25. The van der Waals surface area contributed by atoms with Gasteiger partial charge in [0.25, 0.3) is 0 Å². The summed E-state index contributed by atoms with van der Waals surface area (Å²) in [5, 5.41) is 44.4. The molecule has 0 aromatic heterocycles. The molecule has 0 amide bonds. The monoisotopic (exact) mass is 588 g/mol. The number of phenolic OH excluding ortho intramolecular Hbond substituents is 2. The summed E-state index contributed by atoms with van der Waals surface area (Å²) < 4.78 is 33.5. The molecule has 0 unspecified atom stereocenters. The molecule has 0 saturated carbocycles. The highest BCUT2D eigenvalue weighted by Gasteiger charge is 2.56. The number of carbonyl (C=O) groups is 3. The zero-order chi connectivity index (χ0) is 30.8. The van der Waals surface area contributed by atoms with Crippen LogP contribution in [0.1, 0.15) is 67.7 Å². The number of carbonyl (C=O) groups excluding carboxylic acids is 3. The zero-order valence-electron chi connectivity index (χ0n) is 23.7. The lowest BCUT2D eigenvalue weighted by molar-refractivity contribution is -0.323. The number of aliphatic hydroxyl groups is 2. The number of ether oxygens (including phenoxy) is 6. The van der Waals surface area contributed by atoms with E-state index in [1.807, 2.05) is 0 Å². The van der Waals surface area contributed by atoms with Crippen molar-refractivity contribution in [3.8, 4) is 17.2 Å². The number of aromatic hydroxyl groups is 2. The second-order valence-electron chi connectivity index (χ2n) is 10.6. The van der Waals surface area contributed by atoms with E-state index in [0.717, 1.165) is 12.1 Å². The Morgan fingerprint density at radius 1 is 0.857 bits per heavy atom. The molecule has 13 heteroatoms. The molecule has 1 aliphatic heterocycles. The van der Waals surface area contributed by atoms with Crippen LogP contribution in [-0.4, -0.2) is 109 Å². The third-order valence-electron chi connectivity index (χ3n) is 8.26. The molecular weight excluding hydrogens is 556 g/mol. The van der Waals surface area contributed by atoms with Gasteiger partial charge >= 0.3 is 0 Å². The average Bonchev–Trinajstić information content (AvgIpc) is 2.94. The number of phenols is 2. The van der Waals surface area contributed by atoms with Crippen molar-refractivity contribution in [2.45, 2.75) is 62.4 Å². The highest BCUT2D eigenvalue weighted by atomic mass is 16.7. The number of methoxy groups -OCH3 is 4. The summed E-state index contributed by atoms with van der Waals surface area (Å²) in [6.07, 6.45) is -8.04. The van der Waals surface area contributed by atoms with Gasteiger partial charge in [-0.1, -0.05) is 0 Å². The molecule has 3 aliphatic rings. The molecule has 2 aromatic rings. The Hall–Kier alpha value is -3.43. The number of fused-ring (bicyclic) bond motifs is 3. The van der Waals surface area contributed by atoms with E-state index in [0.29, 0.717) is 0 Å². The molecule has 1 fully saturated rings. The Morgan fingerprint density at radius 2 is 1.50 bits per heavy atom. The van der Waals surface area contributed by atoms with E-state index in [1.54, 1.807) is 6.92 Å². The molecule has 42 heavy (non-hydrogen) atoms. The van der Waals surface area contributed by atoms with Crippen LogP contribution in [0.3, 0.4) is 0 Å². The van der Waals surface area contributed by atoms with Crippen LogP contribution in [0.15, 0.2) is 18.2 Å². The molecule has 13 nitrogen and oxygen atoms in total. The summed E-state index contributed by atoms with van der Waals surface area (Å²) in [6, 6.07) is 3.53. The first-order valence-corrected chi connectivity index (χ1v) is 13.1. The molecule has 1 saturated heterocycles. The summed E-state index contributed by atoms with van der Waals surface area (Å²) in [5.41, 5.74) is -4.09. The maximum absolute atomic E-state index is 13.7. The normalized spacial score (nSPS) is 32.3. The van der Waals surface area contributed by atoms with Gasteiger partial charge in [-0.15, -0.1) is 0 Å². The molecule has 226 valence electrons. The van der Waals surface area contributed by atoms with Gasteiger partial charge in [0.05, 0.1) is 24.3 Å². The van der Waals surface area contributed by atoms with Gasteiger partial charge in [0, 0.05) is 49.6 Å². The van der Waals surface area contributed by atoms with E-state index >= 15 is 0 Å². The van der Waals surface area contributed by atoms with Crippen LogP contribution >= 0.6 is 0 Å². The molecule has 0 spiro atoms. The van der Waals surface area contributed by atoms with Gasteiger partial charge in [-0.3, -0.25) is 14.4 Å². The number of aliphatic hydroxyl groups excluding tert-OH is 1. The topological polar surface area (TPSA) is 188 Å². The lowest BCUT2D eigenvalue weighted by Crippen LogP contribution is -2.61. The molecule has 2 aliphatic carbocycles. The molecule has 0 bridgehead atoms. The molecule has 8 atom stereocenters. The van der Waals surface area contributed by atoms with Crippen molar-refractivity contribution < 1.29 is 63.2 Å². The number of rotatable bonds is 6. The van der Waals surface area contributed by atoms with Crippen molar-refractivity contribution in [1.82, 2.24) is 0 Å². The molecular formula is C29H32O13. The number of hydrogen-bond donors (Lipinski definition) is 4. The predicted molar refractivity (Wildman–Crippen MR) is 141 cm³/mol. The minimum atomic E-state index is -2.23. The van der Waals surface area contributed by atoms with Gasteiger partial charge in [0.15, 0.2) is 23.5 Å². The van der Waals surface area contributed by atoms with Crippen LogP contribution in [0, 0.1) is 0 Å². The van der Waals surface area contributed by atoms with Crippen LogP contribution in [0.5, 0.6) is 17.2 Å². The lowest BCUT2D eigenvalue weighted by Gasteiger charge is -2.46. The largest absolute Gasteiger partial charge is 0.507 e. The third-order valence-corrected chi connectivity index (χ3v) is 8.26. The molecule has 5 rings (SSSR count). The van der Waals surface area contributed by atoms with Gasteiger partial charge < -0.3 is 48.8 Å². The molecule has 1 heterocycles. The SMILES string of the molecule is COc1cc(O)c2c(c1)C(=O)c1cc3c(c(O)c1C2=O)[C@@H](O[C@@H]1O[C@H](C)[C@@H](OC)[C@H](O)[C@@H]1OC)[C@@H](OC)[C@](C)(O)C3=O. The summed E-state index contributed by atoms with van der Waals surface area (Å²) in [4.78, 5) is 40.9. The van der Waals surface area contributed by atoms with Gasteiger partial charge in [-0.2, -0.15) is 0 Å².